The van der Waals surface area contributed by atoms with Gasteiger partial charge in [0.15, 0.2) is 0 Å². The molecule has 0 saturated carbocycles. The first-order chi connectivity index (χ1) is 18.9. The first kappa shape index (κ1) is 35.0. The lowest BCUT2D eigenvalue weighted by molar-refractivity contribution is -0.121. The summed E-state index contributed by atoms with van der Waals surface area (Å²) in [4.78, 5) is 29.5. The molecule has 0 radical (unpaired) electrons. The highest BCUT2D eigenvalue weighted by Gasteiger charge is 2.17. The normalized spacial score (nSPS) is 13.2. The molecular formula is C26H47N4O8P. The van der Waals surface area contributed by atoms with E-state index in [1.54, 1.807) is 0 Å². The number of amides is 1. The number of nitrogen functional groups attached to an aromatic ring is 1. The molecule has 0 spiro atoms. The van der Waals surface area contributed by atoms with Crippen LogP contribution in [0.3, 0.4) is 0 Å². The van der Waals surface area contributed by atoms with E-state index in [1.165, 1.54) is 7.11 Å². The number of anilines is 2. The molecule has 0 bridgehead atoms. The summed E-state index contributed by atoms with van der Waals surface area (Å²) in [5.41, 5.74) is 8.44. The van der Waals surface area contributed by atoms with Gasteiger partial charge < -0.3 is 49.3 Å². The third kappa shape index (κ3) is 18.0. The minimum atomic E-state index is -2.06. The maximum Gasteiger partial charge on any atom is 0.330 e. The smallest absolute Gasteiger partial charge is 0.330 e. The van der Waals surface area contributed by atoms with Crippen LogP contribution >= 0.6 is 8.60 Å². The monoisotopic (exact) mass is 574 g/mol. The number of ether oxygens (including phenoxy) is 2. The van der Waals surface area contributed by atoms with Gasteiger partial charge in [-0.15, -0.1) is 0 Å². The Balaban J connectivity index is 2.10. The summed E-state index contributed by atoms with van der Waals surface area (Å²) in [6, 6.07) is 7.75. The molecule has 1 aromatic rings. The van der Waals surface area contributed by atoms with Crippen LogP contribution in [-0.2, 0) is 28.2 Å². The second kappa shape index (κ2) is 22.7. The molecule has 5 N–H and O–H groups in total. The number of rotatable bonds is 24. The first-order valence-corrected chi connectivity index (χ1v) is 14.5. The van der Waals surface area contributed by atoms with Crippen LogP contribution in [-0.4, -0.2) is 94.1 Å². The Morgan fingerprint density at radius 3 is 2.59 bits per heavy atom. The number of aliphatic hydroxyl groups excluding tert-OH is 1. The van der Waals surface area contributed by atoms with Crippen molar-refractivity contribution in [2.24, 2.45) is 5.16 Å². The molecule has 1 amide bonds. The van der Waals surface area contributed by atoms with Crippen LogP contribution in [0, 0.1) is 0 Å². The molecule has 0 aliphatic rings. The van der Waals surface area contributed by atoms with Crippen molar-refractivity contribution in [3.63, 3.8) is 0 Å². The van der Waals surface area contributed by atoms with E-state index in [0.29, 0.717) is 58.4 Å². The molecule has 1 rings (SSSR count). The molecule has 2 unspecified atom stereocenters. The first-order valence-electron chi connectivity index (χ1n) is 13.4. The fourth-order valence-electron chi connectivity index (χ4n) is 3.38. The number of hydrogen-bond acceptors (Lipinski definition) is 11. The lowest BCUT2D eigenvalue weighted by atomic mass is 10.2. The number of nitrogens with one attached hydrogen (secondary N) is 1. The second-order valence-corrected chi connectivity index (χ2v) is 9.74. The van der Waals surface area contributed by atoms with Crippen molar-refractivity contribution >= 4 is 31.6 Å². The minimum Gasteiger partial charge on any atom is -0.399 e. The molecule has 12 nitrogen and oxygen atoms in total. The van der Waals surface area contributed by atoms with E-state index in [1.807, 2.05) is 31.2 Å². The molecule has 0 aliphatic carbocycles. The maximum atomic E-state index is 12.1. The molecule has 13 heteroatoms. The number of nitrogens with zero attached hydrogens (tertiary/aromatic N) is 2. The minimum absolute atomic E-state index is 0.0153. The topological polar surface area (TPSA) is 157 Å². The van der Waals surface area contributed by atoms with Crippen LogP contribution in [0.25, 0.3) is 0 Å². The molecule has 224 valence electrons. The molecule has 0 aliphatic heterocycles. The number of methoxy groups -OCH3 is 1. The Morgan fingerprint density at radius 2 is 1.90 bits per heavy atom. The van der Waals surface area contributed by atoms with Gasteiger partial charge in [0.1, 0.15) is 12.7 Å². The van der Waals surface area contributed by atoms with Gasteiger partial charge in [-0.3, -0.25) is 4.79 Å². The number of nitrogens with two attached hydrogens (primary N) is 1. The van der Waals surface area contributed by atoms with Crippen molar-refractivity contribution in [3.05, 3.63) is 24.3 Å². The van der Waals surface area contributed by atoms with Gasteiger partial charge >= 0.3 is 8.60 Å². The zero-order valence-corrected chi connectivity index (χ0v) is 24.4. The van der Waals surface area contributed by atoms with Crippen molar-refractivity contribution in [1.82, 2.24) is 5.32 Å². The van der Waals surface area contributed by atoms with Gasteiger partial charge in [0, 0.05) is 51.2 Å². The van der Waals surface area contributed by atoms with E-state index < -0.39 is 14.7 Å². The average molecular weight is 575 g/mol. The molecule has 0 heterocycles. The molecule has 39 heavy (non-hydrogen) atoms. The lowest BCUT2D eigenvalue weighted by Crippen LogP contribution is -2.27. The zero-order chi connectivity index (χ0) is 28.7. The Morgan fingerprint density at radius 1 is 1.13 bits per heavy atom. The van der Waals surface area contributed by atoms with E-state index in [0.717, 1.165) is 23.6 Å². The van der Waals surface area contributed by atoms with Crippen LogP contribution in [0.15, 0.2) is 29.4 Å². The summed E-state index contributed by atoms with van der Waals surface area (Å²) in [5.74, 6) is -0.0163. The SMILES string of the molecule is CCN(CCON=C(C)CCCC(=O)NCCCOCC(COC)OP(O)OCCCO)c1ccc(N)cc1. The quantitative estimate of drug-likeness (QED) is 0.0476. The molecule has 1 aromatic carbocycles. The van der Waals surface area contributed by atoms with E-state index in [-0.39, 0.29) is 32.3 Å². The lowest BCUT2D eigenvalue weighted by Gasteiger charge is -2.22. The molecule has 0 fully saturated rings. The summed E-state index contributed by atoms with van der Waals surface area (Å²) >= 11 is 0. The Bertz CT molecular complexity index is 788. The van der Waals surface area contributed by atoms with Gasteiger partial charge in [0.2, 0.25) is 5.91 Å². The summed E-state index contributed by atoms with van der Waals surface area (Å²) in [6.07, 6.45) is 2.38. The van der Waals surface area contributed by atoms with Crippen molar-refractivity contribution in [3.8, 4) is 0 Å². The van der Waals surface area contributed by atoms with Crippen molar-refractivity contribution < 1.29 is 38.2 Å². The van der Waals surface area contributed by atoms with E-state index in [9.17, 15) is 9.69 Å². The number of carbonyl (C=O) groups is 1. The van der Waals surface area contributed by atoms with E-state index in [4.69, 9.17) is 34.2 Å². The summed E-state index contributed by atoms with van der Waals surface area (Å²) in [7, 11) is -0.527. The summed E-state index contributed by atoms with van der Waals surface area (Å²) in [5, 5.41) is 15.8. The number of aliphatic hydroxyl groups is 1. The van der Waals surface area contributed by atoms with Crippen LogP contribution in [0.4, 0.5) is 11.4 Å². The highest BCUT2D eigenvalue weighted by Crippen LogP contribution is 2.34. The highest BCUT2D eigenvalue weighted by atomic mass is 31.2. The molecular weight excluding hydrogens is 527 g/mol. The standard InChI is InChI=1S/C26H47N4O8P/c1-4-30(24-12-10-23(27)11-13-24)15-19-36-29-22(2)8-5-9-26(32)28-14-6-17-35-21-25(20-34-3)38-39(33)37-18-7-16-31/h10-13,25,31,33H,4-9,14-21,27H2,1-3H3,(H,28,32). The van der Waals surface area contributed by atoms with E-state index >= 15 is 0 Å². The van der Waals surface area contributed by atoms with Crippen molar-refractivity contribution in [1.29, 1.82) is 0 Å². The summed E-state index contributed by atoms with van der Waals surface area (Å²) in [6.45, 7) is 7.62. The molecule has 2 atom stereocenters. The second-order valence-electron chi connectivity index (χ2n) is 8.79. The van der Waals surface area contributed by atoms with Gasteiger partial charge in [-0.05, 0) is 63.8 Å². The fourth-order valence-corrected chi connectivity index (χ4v) is 4.10. The number of hydrogen-bond donors (Lipinski definition) is 4. The maximum absolute atomic E-state index is 12.1. The van der Waals surface area contributed by atoms with Gasteiger partial charge in [-0.2, -0.15) is 0 Å². The third-order valence-corrected chi connectivity index (χ3v) is 6.32. The van der Waals surface area contributed by atoms with Gasteiger partial charge in [0.25, 0.3) is 0 Å². The number of likely N-dealkylation sites (N-methyl/N-ethyl adjacent to an activating group) is 1. The molecule has 0 aromatic heterocycles. The summed E-state index contributed by atoms with van der Waals surface area (Å²) < 4.78 is 21.1. The van der Waals surface area contributed by atoms with Crippen molar-refractivity contribution in [2.75, 3.05) is 77.0 Å². The van der Waals surface area contributed by atoms with Crippen LogP contribution in [0.5, 0.6) is 0 Å². The van der Waals surface area contributed by atoms with E-state index in [2.05, 4.69) is 22.3 Å². The predicted molar refractivity (Wildman–Crippen MR) is 154 cm³/mol. The average Bonchev–Trinajstić information content (AvgIpc) is 2.91. The number of carbonyl (C=O) groups excluding carboxylic acids is 1. The Hall–Kier alpha value is -2.05. The van der Waals surface area contributed by atoms with Gasteiger partial charge in [-0.25, -0.2) is 0 Å². The predicted octanol–water partition coefficient (Wildman–Crippen LogP) is 2.83. The zero-order valence-electron chi connectivity index (χ0n) is 23.5. The largest absolute Gasteiger partial charge is 0.399 e. The van der Waals surface area contributed by atoms with Gasteiger partial charge in [-0.1, -0.05) is 5.16 Å². The molecule has 0 saturated heterocycles. The highest BCUT2D eigenvalue weighted by molar-refractivity contribution is 7.40. The Labute approximate surface area is 233 Å². The number of benzene rings is 1. The number of oxime groups is 1. The van der Waals surface area contributed by atoms with Crippen LogP contribution in [0.2, 0.25) is 0 Å². The fraction of sp³-hybridized carbons (Fsp3) is 0.692. The van der Waals surface area contributed by atoms with Crippen LogP contribution in [0.1, 0.15) is 46.0 Å². The van der Waals surface area contributed by atoms with Crippen LogP contribution < -0.4 is 16.0 Å². The Kier molecular flexibility index (Phi) is 20.4. The van der Waals surface area contributed by atoms with Gasteiger partial charge in [0.05, 0.1) is 32.1 Å². The third-order valence-electron chi connectivity index (χ3n) is 5.44. The van der Waals surface area contributed by atoms with Crippen molar-refractivity contribution in [2.45, 2.75) is 52.1 Å².